The highest BCUT2D eigenvalue weighted by atomic mass is 16.3. The average Bonchev–Trinajstić information content (AvgIpc) is 3.25. The van der Waals surface area contributed by atoms with Gasteiger partial charge in [0.1, 0.15) is 0 Å². The monoisotopic (exact) mass is 856 g/mol. The Bertz CT molecular complexity index is 989. The minimum Gasteiger partial charge on any atom is -0.394 e. The molecule has 0 aliphatic carbocycles. The van der Waals surface area contributed by atoms with Crippen molar-refractivity contribution in [1.29, 1.82) is 0 Å². The predicted molar refractivity (Wildman–Crippen MR) is 268 cm³/mol. The van der Waals surface area contributed by atoms with Crippen molar-refractivity contribution in [2.75, 3.05) is 6.61 Å². The summed E-state index contributed by atoms with van der Waals surface area (Å²) in [7, 11) is 0. The van der Waals surface area contributed by atoms with E-state index in [1.165, 1.54) is 212 Å². The summed E-state index contributed by atoms with van der Waals surface area (Å²) in [5.74, 6) is -0.324. The highest BCUT2D eigenvalue weighted by Gasteiger charge is 2.20. The first-order valence-electron chi connectivity index (χ1n) is 26.9. The van der Waals surface area contributed by atoms with Crippen LogP contribution >= 0.6 is 0 Å². The quantitative estimate of drug-likeness (QED) is 0.0362. The van der Waals surface area contributed by atoms with Crippen molar-refractivity contribution in [3.8, 4) is 0 Å². The summed E-state index contributed by atoms with van der Waals surface area (Å²) in [6.07, 6.45) is 67.2. The maximum Gasteiger partial charge on any atom is 0.222 e. The molecule has 61 heavy (non-hydrogen) atoms. The zero-order valence-corrected chi connectivity index (χ0v) is 40.8. The van der Waals surface area contributed by atoms with Crippen molar-refractivity contribution in [3.63, 3.8) is 0 Å². The molecular weight excluding hydrogens is 751 g/mol. The Morgan fingerprint density at radius 1 is 0.426 bits per heavy atom. The summed E-state index contributed by atoms with van der Waals surface area (Å²) < 4.78 is 0. The maximum atomic E-state index is 12.5. The molecule has 4 N–H and O–H groups in total. The Morgan fingerprint density at radius 2 is 0.754 bits per heavy atom. The molecule has 0 spiro atoms. The van der Waals surface area contributed by atoms with Crippen LogP contribution in [0, 0.1) is 0 Å². The molecule has 0 fully saturated rings. The standard InChI is InChI=1S/C56H105NO4/c1-3-5-7-9-11-13-15-17-19-21-22-23-24-25-26-27-28-29-30-31-32-34-35-37-39-41-43-45-47-49-53(59)51-56(61)57-54(52-58)55(60)50-48-46-44-42-40-38-36-33-20-18-16-14-12-10-8-6-4-2/h22-23,25-26,40,42,48,50,53-55,58-60H,3-21,24,27-39,41,43-47,49,51-52H2,1-2H3,(H,57,61)/b23-22-,26-25-,42-40+,50-48+. The van der Waals surface area contributed by atoms with E-state index in [9.17, 15) is 20.1 Å². The van der Waals surface area contributed by atoms with Gasteiger partial charge in [-0.1, -0.05) is 255 Å². The maximum absolute atomic E-state index is 12.5. The van der Waals surface area contributed by atoms with Gasteiger partial charge >= 0.3 is 0 Å². The number of carbonyl (C=O) groups is 1. The highest BCUT2D eigenvalue weighted by Crippen LogP contribution is 2.16. The largest absolute Gasteiger partial charge is 0.394 e. The third kappa shape index (κ3) is 47.6. The molecule has 0 saturated heterocycles. The number of hydrogen-bond acceptors (Lipinski definition) is 4. The molecule has 0 aromatic carbocycles. The van der Waals surface area contributed by atoms with Crippen LogP contribution in [0.1, 0.15) is 277 Å². The molecular formula is C56H105NO4. The fourth-order valence-electron chi connectivity index (χ4n) is 8.21. The van der Waals surface area contributed by atoms with Gasteiger partial charge in [-0.15, -0.1) is 0 Å². The third-order valence-corrected chi connectivity index (χ3v) is 12.3. The number of amides is 1. The van der Waals surface area contributed by atoms with Crippen molar-refractivity contribution in [2.24, 2.45) is 0 Å². The molecule has 0 aliphatic rings. The molecule has 358 valence electrons. The van der Waals surface area contributed by atoms with Gasteiger partial charge in [-0.25, -0.2) is 0 Å². The summed E-state index contributed by atoms with van der Waals surface area (Å²) in [6, 6.07) is -0.762. The van der Waals surface area contributed by atoms with Gasteiger partial charge in [-0.05, 0) is 64.2 Å². The Kier molecular flexibility index (Phi) is 49.5. The summed E-state index contributed by atoms with van der Waals surface area (Å²) in [5, 5.41) is 33.4. The number of carbonyl (C=O) groups excluding carboxylic acids is 1. The van der Waals surface area contributed by atoms with Gasteiger partial charge in [-0.2, -0.15) is 0 Å². The predicted octanol–water partition coefficient (Wildman–Crippen LogP) is 16.4. The fourth-order valence-corrected chi connectivity index (χ4v) is 8.21. The van der Waals surface area contributed by atoms with Crippen molar-refractivity contribution < 1.29 is 20.1 Å². The molecule has 0 bridgehead atoms. The van der Waals surface area contributed by atoms with E-state index in [4.69, 9.17) is 0 Å². The SMILES string of the molecule is CCCCCCCCCCC/C=C\C/C=C\CCCCCCCCCCCCCCCC(O)CC(=O)NC(CO)C(O)/C=C/CC/C=C/CCCCCCCCCCCCC. The second-order valence-electron chi connectivity index (χ2n) is 18.5. The van der Waals surface area contributed by atoms with Gasteiger partial charge in [0.25, 0.3) is 0 Å². The third-order valence-electron chi connectivity index (χ3n) is 12.3. The minimum atomic E-state index is -0.953. The van der Waals surface area contributed by atoms with E-state index < -0.39 is 18.2 Å². The molecule has 0 rings (SSSR count). The summed E-state index contributed by atoms with van der Waals surface area (Å²) in [6.45, 7) is 4.22. The van der Waals surface area contributed by atoms with Crippen LogP contribution in [-0.2, 0) is 4.79 Å². The van der Waals surface area contributed by atoms with Crippen molar-refractivity contribution in [2.45, 2.75) is 295 Å². The lowest BCUT2D eigenvalue weighted by atomic mass is 10.0. The lowest BCUT2D eigenvalue weighted by Gasteiger charge is -2.21. The Balaban J connectivity index is 3.60. The van der Waals surface area contributed by atoms with E-state index in [1.54, 1.807) is 6.08 Å². The molecule has 3 unspecified atom stereocenters. The fraction of sp³-hybridized carbons (Fsp3) is 0.839. The van der Waals surface area contributed by atoms with Crippen LogP contribution < -0.4 is 5.32 Å². The van der Waals surface area contributed by atoms with E-state index >= 15 is 0 Å². The number of aliphatic hydroxyl groups excluding tert-OH is 3. The molecule has 1 amide bonds. The molecule has 0 aromatic heterocycles. The van der Waals surface area contributed by atoms with Crippen molar-refractivity contribution >= 4 is 5.91 Å². The van der Waals surface area contributed by atoms with Gasteiger partial charge in [0.15, 0.2) is 0 Å². The lowest BCUT2D eigenvalue weighted by molar-refractivity contribution is -0.124. The Hall–Kier alpha value is -1.69. The van der Waals surface area contributed by atoms with Gasteiger partial charge in [0.05, 0.1) is 31.3 Å². The number of rotatable bonds is 49. The molecule has 0 radical (unpaired) electrons. The van der Waals surface area contributed by atoms with Crippen LogP contribution in [0.25, 0.3) is 0 Å². The highest BCUT2D eigenvalue weighted by molar-refractivity contribution is 5.76. The molecule has 5 heteroatoms. The van der Waals surface area contributed by atoms with Gasteiger partial charge in [0.2, 0.25) is 5.91 Å². The number of nitrogens with one attached hydrogen (secondary N) is 1. The molecule has 5 nitrogen and oxygen atoms in total. The van der Waals surface area contributed by atoms with Crippen LogP contribution in [0.5, 0.6) is 0 Å². The second-order valence-corrected chi connectivity index (χ2v) is 18.5. The van der Waals surface area contributed by atoms with Crippen molar-refractivity contribution in [3.05, 3.63) is 48.6 Å². The van der Waals surface area contributed by atoms with Crippen LogP contribution in [0.3, 0.4) is 0 Å². The van der Waals surface area contributed by atoms with Gasteiger partial charge < -0.3 is 20.6 Å². The number of aliphatic hydroxyl groups is 3. The first-order valence-corrected chi connectivity index (χ1v) is 26.9. The molecule has 0 aliphatic heterocycles. The molecule has 3 atom stereocenters. The Morgan fingerprint density at radius 3 is 1.15 bits per heavy atom. The number of allylic oxidation sites excluding steroid dienone is 7. The van der Waals surface area contributed by atoms with E-state index in [1.807, 2.05) is 6.08 Å². The molecule has 0 aromatic rings. The minimum absolute atomic E-state index is 0.00521. The van der Waals surface area contributed by atoms with E-state index in [0.29, 0.717) is 6.42 Å². The van der Waals surface area contributed by atoms with Crippen LogP contribution in [0.15, 0.2) is 48.6 Å². The van der Waals surface area contributed by atoms with Gasteiger partial charge in [-0.3, -0.25) is 4.79 Å². The first-order chi connectivity index (χ1) is 30.0. The van der Waals surface area contributed by atoms with Gasteiger partial charge in [0, 0.05) is 0 Å². The zero-order valence-electron chi connectivity index (χ0n) is 40.8. The van der Waals surface area contributed by atoms with E-state index in [-0.39, 0.29) is 18.9 Å². The normalized spacial score (nSPS) is 13.7. The molecule has 0 heterocycles. The van der Waals surface area contributed by atoms with Crippen molar-refractivity contribution in [1.82, 2.24) is 5.32 Å². The smallest absolute Gasteiger partial charge is 0.222 e. The summed E-state index contributed by atoms with van der Waals surface area (Å²) in [5.41, 5.74) is 0. The van der Waals surface area contributed by atoms with E-state index in [2.05, 4.69) is 55.6 Å². The molecule has 0 saturated carbocycles. The topological polar surface area (TPSA) is 89.8 Å². The van der Waals surface area contributed by atoms with Crippen LogP contribution in [-0.4, -0.2) is 46.1 Å². The van der Waals surface area contributed by atoms with E-state index in [0.717, 1.165) is 38.5 Å². The second kappa shape index (κ2) is 50.9. The summed E-state index contributed by atoms with van der Waals surface area (Å²) >= 11 is 0. The van der Waals surface area contributed by atoms with Crippen LogP contribution in [0.4, 0.5) is 0 Å². The first kappa shape index (κ1) is 59.3. The lowest BCUT2D eigenvalue weighted by Crippen LogP contribution is -2.45. The number of unbranched alkanes of at least 4 members (excludes halogenated alkanes) is 34. The zero-order chi connectivity index (χ0) is 44.4. The average molecular weight is 856 g/mol. The van der Waals surface area contributed by atoms with Crippen LogP contribution in [0.2, 0.25) is 0 Å². The number of hydrogen-bond donors (Lipinski definition) is 4. The Labute approximate surface area is 380 Å². The summed E-state index contributed by atoms with van der Waals surface area (Å²) in [4.78, 5) is 12.5.